The van der Waals surface area contributed by atoms with E-state index < -0.39 is 0 Å². The zero-order valence-corrected chi connectivity index (χ0v) is 16.2. The Kier molecular flexibility index (Phi) is 5.71. The zero-order chi connectivity index (χ0) is 19.4. The largest absolute Gasteiger partial charge is 0.352 e. The minimum Gasteiger partial charge on any atom is -0.352 e. The van der Waals surface area contributed by atoms with Gasteiger partial charge in [-0.2, -0.15) is 5.10 Å². The molecule has 1 aromatic carbocycles. The number of amides is 1. The number of benzene rings is 1. The predicted octanol–water partition coefficient (Wildman–Crippen LogP) is 2.51. The summed E-state index contributed by atoms with van der Waals surface area (Å²) in [6.45, 7) is 3.12. The number of nitrogens with zero attached hydrogens (tertiary/aromatic N) is 4. The lowest BCUT2D eigenvalue weighted by Crippen LogP contribution is -2.48. The van der Waals surface area contributed by atoms with Gasteiger partial charge in [0.2, 0.25) is 5.91 Å². The summed E-state index contributed by atoms with van der Waals surface area (Å²) in [7, 11) is 0. The number of halogens is 1. The van der Waals surface area contributed by atoms with Crippen molar-refractivity contribution in [2.45, 2.75) is 56.5 Å². The van der Waals surface area contributed by atoms with E-state index in [2.05, 4.69) is 26.4 Å². The van der Waals surface area contributed by atoms with Crippen molar-refractivity contribution in [1.29, 1.82) is 0 Å². The van der Waals surface area contributed by atoms with E-state index in [0.29, 0.717) is 0 Å². The minimum atomic E-state index is -0.141. The van der Waals surface area contributed by atoms with Crippen molar-refractivity contribution in [1.82, 2.24) is 25.0 Å². The number of hydrogen-bond acceptors (Lipinski definition) is 4. The summed E-state index contributed by atoms with van der Waals surface area (Å²) in [6, 6.07) is 7.39. The molecule has 2 aromatic rings. The number of hydrogen-bond donors (Lipinski definition) is 1. The standard InChI is InChI=1S/C21H28FN5O/c22-18-5-3-4-17(12-18)21(8-1-2-9-21)14-26-10-6-19(7-11-26)25-20(28)13-27-16-23-15-24-27/h3-5,12,15-16,19H,1-2,6-11,13-14H2,(H,25,28). The highest BCUT2D eigenvalue weighted by Crippen LogP contribution is 2.42. The molecule has 7 heteroatoms. The first-order chi connectivity index (χ1) is 13.6. The molecule has 1 aliphatic carbocycles. The Morgan fingerprint density at radius 2 is 2.04 bits per heavy atom. The Balaban J connectivity index is 1.31. The first kappa shape index (κ1) is 19.1. The van der Waals surface area contributed by atoms with E-state index in [9.17, 15) is 9.18 Å². The fourth-order valence-corrected chi connectivity index (χ4v) is 4.81. The Labute approximate surface area is 165 Å². The molecule has 2 heterocycles. The molecule has 2 fully saturated rings. The molecule has 1 saturated carbocycles. The van der Waals surface area contributed by atoms with Gasteiger partial charge in [0.15, 0.2) is 0 Å². The van der Waals surface area contributed by atoms with E-state index in [0.717, 1.165) is 50.9 Å². The molecule has 0 atom stereocenters. The van der Waals surface area contributed by atoms with Gasteiger partial charge in [0, 0.05) is 31.1 Å². The lowest BCUT2D eigenvalue weighted by atomic mass is 9.78. The molecule has 1 amide bonds. The minimum absolute atomic E-state index is 0.0176. The van der Waals surface area contributed by atoms with Crippen molar-refractivity contribution in [3.05, 3.63) is 48.3 Å². The van der Waals surface area contributed by atoms with Gasteiger partial charge in [0.05, 0.1) is 0 Å². The van der Waals surface area contributed by atoms with Gasteiger partial charge in [-0.1, -0.05) is 25.0 Å². The van der Waals surface area contributed by atoms with Gasteiger partial charge in [0.25, 0.3) is 0 Å². The molecular weight excluding hydrogens is 357 g/mol. The Morgan fingerprint density at radius 3 is 2.71 bits per heavy atom. The highest BCUT2D eigenvalue weighted by atomic mass is 19.1. The number of nitrogens with one attached hydrogen (secondary N) is 1. The molecule has 1 N–H and O–H groups in total. The van der Waals surface area contributed by atoms with Crippen molar-refractivity contribution in [3.63, 3.8) is 0 Å². The summed E-state index contributed by atoms with van der Waals surface area (Å²) in [4.78, 5) is 18.5. The van der Waals surface area contributed by atoms with Gasteiger partial charge in [0.1, 0.15) is 25.0 Å². The fraction of sp³-hybridized carbons (Fsp3) is 0.571. The number of carbonyl (C=O) groups excluding carboxylic acids is 1. The van der Waals surface area contributed by atoms with Crippen LogP contribution in [0.4, 0.5) is 4.39 Å². The molecule has 4 rings (SSSR count). The molecule has 0 unspecified atom stereocenters. The normalized spacial score (nSPS) is 20.3. The lowest BCUT2D eigenvalue weighted by Gasteiger charge is -2.39. The van der Waals surface area contributed by atoms with Crippen LogP contribution < -0.4 is 5.32 Å². The molecule has 0 bridgehead atoms. The van der Waals surface area contributed by atoms with Crippen LogP contribution in [0.15, 0.2) is 36.9 Å². The van der Waals surface area contributed by atoms with Crippen LogP contribution in [0.25, 0.3) is 0 Å². The highest BCUT2D eigenvalue weighted by molar-refractivity contribution is 5.75. The van der Waals surface area contributed by atoms with Crippen LogP contribution in [0.2, 0.25) is 0 Å². The molecular formula is C21H28FN5O. The van der Waals surface area contributed by atoms with E-state index in [1.165, 1.54) is 29.9 Å². The maximum Gasteiger partial charge on any atom is 0.242 e. The maximum absolute atomic E-state index is 13.8. The smallest absolute Gasteiger partial charge is 0.242 e. The molecule has 150 valence electrons. The topological polar surface area (TPSA) is 63.1 Å². The molecule has 0 radical (unpaired) electrons. The Morgan fingerprint density at radius 1 is 1.25 bits per heavy atom. The molecule has 1 saturated heterocycles. The van der Waals surface area contributed by atoms with Crippen LogP contribution >= 0.6 is 0 Å². The van der Waals surface area contributed by atoms with Crippen molar-refractivity contribution >= 4 is 5.91 Å². The van der Waals surface area contributed by atoms with Crippen molar-refractivity contribution in [3.8, 4) is 0 Å². The monoisotopic (exact) mass is 385 g/mol. The average molecular weight is 385 g/mol. The van der Waals surface area contributed by atoms with Crippen LogP contribution in [0.5, 0.6) is 0 Å². The summed E-state index contributed by atoms with van der Waals surface area (Å²) in [6.07, 6.45) is 9.57. The fourth-order valence-electron chi connectivity index (χ4n) is 4.81. The second kappa shape index (κ2) is 8.39. The van der Waals surface area contributed by atoms with Crippen molar-refractivity contribution in [2.75, 3.05) is 19.6 Å². The molecule has 1 aromatic heterocycles. The SMILES string of the molecule is O=C(Cn1cncn1)NC1CCN(CC2(c3cccc(F)c3)CCCC2)CC1. The van der Waals surface area contributed by atoms with E-state index in [4.69, 9.17) is 0 Å². The summed E-state index contributed by atoms with van der Waals surface area (Å²) < 4.78 is 15.3. The van der Waals surface area contributed by atoms with Gasteiger partial charge < -0.3 is 10.2 Å². The number of piperidine rings is 1. The number of aromatic nitrogens is 3. The third-order valence-electron chi connectivity index (χ3n) is 6.25. The summed E-state index contributed by atoms with van der Waals surface area (Å²) in [5.74, 6) is -0.159. The van der Waals surface area contributed by atoms with Gasteiger partial charge in [-0.15, -0.1) is 0 Å². The Hall–Kier alpha value is -2.28. The molecule has 1 aliphatic heterocycles. The first-order valence-corrected chi connectivity index (χ1v) is 10.2. The van der Waals surface area contributed by atoms with Crippen LogP contribution in [-0.4, -0.2) is 51.2 Å². The third-order valence-corrected chi connectivity index (χ3v) is 6.25. The molecule has 0 spiro atoms. The number of carbonyl (C=O) groups is 1. The van der Waals surface area contributed by atoms with Gasteiger partial charge in [-0.05, 0) is 43.4 Å². The highest BCUT2D eigenvalue weighted by Gasteiger charge is 2.38. The van der Waals surface area contributed by atoms with Crippen LogP contribution in [0, 0.1) is 5.82 Å². The second-order valence-corrected chi connectivity index (χ2v) is 8.21. The Bertz CT molecular complexity index is 780. The van der Waals surface area contributed by atoms with Crippen LogP contribution in [0.1, 0.15) is 44.1 Å². The van der Waals surface area contributed by atoms with Gasteiger partial charge in [-0.25, -0.2) is 14.1 Å². The summed E-state index contributed by atoms with van der Waals surface area (Å²) in [5.41, 5.74) is 1.22. The number of likely N-dealkylation sites (tertiary alicyclic amines) is 1. The zero-order valence-electron chi connectivity index (χ0n) is 16.2. The molecule has 6 nitrogen and oxygen atoms in total. The maximum atomic E-state index is 13.8. The van der Waals surface area contributed by atoms with Crippen molar-refractivity contribution < 1.29 is 9.18 Å². The van der Waals surface area contributed by atoms with Crippen LogP contribution in [-0.2, 0) is 16.8 Å². The molecule has 28 heavy (non-hydrogen) atoms. The number of rotatable bonds is 6. The van der Waals surface area contributed by atoms with E-state index >= 15 is 0 Å². The third kappa shape index (κ3) is 4.41. The van der Waals surface area contributed by atoms with Gasteiger partial charge in [-0.3, -0.25) is 4.79 Å². The summed E-state index contributed by atoms with van der Waals surface area (Å²) in [5, 5.41) is 7.09. The van der Waals surface area contributed by atoms with Crippen molar-refractivity contribution in [2.24, 2.45) is 0 Å². The second-order valence-electron chi connectivity index (χ2n) is 8.21. The first-order valence-electron chi connectivity index (χ1n) is 10.2. The quantitative estimate of drug-likeness (QED) is 0.830. The average Bonchev–Trinajstić information content (AvgIpc) is 3.36. The molecule has 2 aliphatic rings. The van der Waals surface area contributed by atoms with Gasteiger partial charge >= 0.3 is 0 Å². The lowest BCUT2D eigenvalue weighted by molar-refractivity contribution is -0.122. The van der Waals surface area contributed by atoms with E-state index in [1.807, 2.05) is 6.07 Å². The van der Waals surface area contributed by atoms with E-state index in [-0.39, 0.29) is 29.7 Å². The predicted molar refractivity (Wildman–Crippen MR) is 104 cm³/mol. The van der Waals surface area contributed by atoms with E-state index in [1.54, 1.807) is 12.4 Å². The summed E-state index contributed by atoms with van der Waals surface area (Å²) >= 11 is 0. The van der Waals surface area contributed by atoms with Crippen LogP contribution in [0.3, 0.4) is 0 Å².